The van der Waals surface area contributed by atoms with E-state index in [0.717, 1.165) is 73.4 Å². The van der Waals surface area contributed by atoms with Gasteiger partial charge in [-0.15, -0.1) is 0 Å². The minimum Gasteiger partial charge on any atom is -0.490 e. The summed E-state index contributed by atoms with van der Waals surface area (Å²) in [7, 11) is 0. The zero-order chi connectivity index (χ0) is 26.8. The van der Waals surface area contributed by atoms with Crippen molar-refractivity contribution >= 4 is 11.0 Å². The molecule has 10 heteroatoms. The molecule has 0 amide bonds. The van der Waals surface area contributed by atoms with Crippen molar-refractivity contribution in [1.29, 1.82) is 0 Å². The molecule has 9 nitrogen and oxygen atoms in total. The molecular weight excluding hydrogens is 495 g/mol. The lowest BCUT2D eigenvalue weighted by atomic mass is 10.1. The van der Waals surface area contributed by atoms with Crippen LogP contribution in [0.2, 0.25) is 0 Å². The Bertz CT molecular complexity index is 1390. The van der Waals surface area contributed by atoms with Gasteiger partial charge >= 0.3 is 0 Å². The number of ether oxygens (including phenoxy) is 1. The van der Waals surface area contributed by atoms with Crippen LogP contribution in [0.4, 0.5) is 4.39 Å². The Kier molecular flexibility index (Phi) is 7.58. The van der Waals surface area contributed by atoms with E-state index in [1.165, 1.54) is 18.9 Å². The number of piperidine rings is 1. The summed E-state index contributed by atoms with van der Waals surface area (Å²) in [4.78, 5) is 16.7. The van der Waals surface area contributed by atoms with E-state index in [0.29, 0.717) is 18.3 Å². The van der Waals surface area contributed by atoms with Gasteiger partial charge in [0.05, 0.1) is 17.9 Å². The Morgan fingerprint density at radius 2 is 2.03 bits per heavy atom. The van der Waals surface area contributed by atoms with Crippen LogP contribution in [0.25, 0.3) is 22.3 Å². The van der Waals surface area contributed by atoms with E-state index < -0.39 is 0 Å². The minimum absolute atomic E-state index is 0.0542. The van der Waals surface area contributed by atoms with Crippen LogP contribution < -0.4 is 10.5 Å². The molecule has 2 saturated heterocycles. The first-order valence-electron chi connectivity index (χ1n) is 14.0. The van der Waals surface area contributed by atoms with Gasteiger partial charge in [0.25, 0.3) is 0 Å². The van der Waals surface area contributed by atoms with Crippen LogP contribution in [0.3, 0.4) is 0 Å². The van der Waals surface area contributed by atoms with Crippen molar-refractivity contribution in [2.45, 2.75) is 57.3 Å². The third-order valence-electron chi connectivity index (χ3n) is 8.19. The van der Waals surface area contributed by atoms with Crippen LogP contribution >= 0.6 is 0 Å². The number of nitrogens with one attached hydrogen (secondary N) is 1. The molecular formula is C29H37FN8O. The lowest BCUT2D eigenvalue weighted by Crippen LogP contribution is -2.42. The number of rotatable bonds is 9. The second kappa shape index (κ2) is 11.4. The Morgan fingerprint density at radius 3 is 2.82 bits per heavy atom. The van der Waals surface area contributed by atoms with Gasteiger partial charge in [-0.1, -0.05) is 0 Å². The molecule has 0 radical (unpaired) electrons. The van der Waals surface area contributed by atoms with Gasteiger partial charge in [0.1, 0.15) is 29.6 Å². The van der Waals surface area contributed by atoms with E-state index in [2.05, 4.69) is 36.8 Å². The fourth-order valence-corrected chi connectivity index (χ4v) is 5.97. The highest BCUT2D eigenvalue weighted by molar-refractivity contribution is 5.89. The Labute approximate surface area is 228 Å². The first-order valence-corrected chi connectivity index (χ1v) is 14.0. The maximum Gasteiger partial charge on any atom is 0.141 e. The summed E-state index contributed by atoms with van der Waals surface area (Å²) in [6.45, 7) is 7.20. The third-order valence-corrected chi connectivity index (χ3v) is 8.19. The molecule has 2 fully saturated rings. The summed E-state index contributed by atoms with van der Waals surface area (Å²) < 4.78 is 22.6. The number of aromatic nitrogens is 5. The molecule has 2 aliphatic rings. The molecule has 39 heavy (non-hydrogen) atoms. The van der Waals surface area contributed by atoms with E-state index in [4.69, 9.17) is 10.5 Å². The van der Waals surface area contributed by atoms with Gasteiger partial charge in [-0.25, -0.2) is 14.4 Å². The zero-order valence-corrected chi connectivity index (χ0v) is 22.5. The van der Waals surface area contributed by atoms with Crippen molar-refractivity contribution in [2.24, 2.45) is 5.73 Å². The average molecular weight is 533 g/mol. The number of likely N-dealkylation sites (tertiary alicyclic amines) is 2. The molecule has 3 aromatic heterocycles. The number of fused-ring (bicyclic) bond motifs is 1. The molecule has 0 aliphatic carbocycles. The summed E-state index contributed by atoms with van der Waals surface area (Å²) >= 11 is 0. The van der Waals surface area contributed by atoms with Crippen molar-refractivity contribution in [3.8, 4) is 17.0 Å². The van der Waals surface area contributed by atoms with Crippen LogP contribution in [0.1, 0.15) is 44.2 Å². The summed E-state index contributed by atoms with van der Waals surface area (Å²) in [5.41, 5.74) is 9.79. The van der Waals surface area contributed by atoms with Crippen LogP contribution in [0, 0.1) is 5.82 Å². The van der Waals surface area contributed by atoms with Crippen LogP contribution in [-0.2, 0) is 6.54 Å². The molecule has 5 heterocycles. The molecule has 3 N–H and O–H groups in total. The number of hydrogen-bond donors (Lipinski definition) is 2. The molecule has 1 unspecified atom stereocenters. The summed E-state index contributed by atoms with van der Waals surface area (Å²) in [5.74, 6) is 0.413. The standard InChI is InChI=1S/C29H37FN8O/c1-20-3-2-8-37(20)16-21-11-23(30)13-26(12-21)39-25-5-9-36(10-6-25)18-24(14-31)38-17-22(15-35-38)28-27-4-7-32-29(27)34-19-33-28/h4,7,11-13,15,17,19-20,24-25H,2-3,5-6,8-10,14,16,18,31H2,1H3,(H,32,33,34)/t20-,24?/m1/s1. The van der Waals surface area contributed by atoms with Gasteiger partial charge in [0.15, 0.2) is 0 Å². The SMILES string of the molecule is C[C@@H]1CCCN1Cc1cc(F)cc(OC2CCN(CC(CN)n3cc(-c4ncnc5[nH]ccc45)cn3)CC2)c1. The molecule has 0 saturated carbocycles. The van der Waals surface area contributed by atoms with Crippen LogP contribution in [0.5, 0.6) is 5.75 Å². The molecule has 0 bridgehead atoms. The predicted octanol–water partition coefficient (Wildman–Crippen LogP) is 3.99. The number of H-pyrrole nitrogens is 1. The number of nitrogens with two attached hydrogens (primary N) is 1. The number of benzene rings is 1. The minimum atomic E-state index is -0.227. The van der Waals surface area contributed by atoms with E-state index in [1.54, 1.807) is 12.4 Å². The van der Waals surface area contributed by atoms with Gasteiger partial charge in [0.2, 0.25) is 0 Å². The number of halogens is 1. The number of nitrogens with zero attached hydrogens (tertiary/aromatic N) is 6. The van der Waals surface area contributed by atoms with Crippen LogP contribution in [0.15, 0.2) is 49.2 Å². The highest BCUT2D eigenvalue weighted by atomic mass is 19.1. The van der Waals surface area contributed by atoms with Crippen molar-refractivity contribution in [3.63, 3.8) is 0 Å². The van der Waals surface area contributed by atoms with Gasteiger partial charge in [0, 0.05) is 68.2 Å². The lowest BCUT2D eigenvalue weighted by molar-refractivity contribution is 0.0911. The maximum atomic E-state index is 14.4. The molecule has 0 spiro atoms. The normalized spacial score (nSPS) is 20.1. The zero-order valence-electron chi connectivity index (χ0n) is 22.5. The highest BCUT2D eigenvalue weighted by Crippen LogP contribution is 2.27. The fraction of sp³-hybridized carbons (Fsp3) is 0.483. The second-order valence-corrected chi connectivity index (χ2v) is 10.9. The molecule has 206 valence electrons. The van der Waals surface area contributed by atoms with Crippen LogP contribution in [-0.4, -0.2) is 79.4 Å². The second-order valence-electron chi connectivity index (χ2n) is 10.9. The van der Waals surface area contributed by atoms with Gasteiger partial charge in [-0.05, 0) is 62.9 Å². The molecule has 4 aromatic rings. The van der Waals surface area contributed by atoms with Crippen molar-refractivity contribution < 1.29 is 9.13 Å². The molecule has 6 rings (SSSR count). The fourth-order valence-electron chi connectivity index (χ4n) is 5.97. The van der Waals surface area contributed by atoms with E-state index in [-0.39, 0.29) is 18.0 Å². The summed E-state index contributed by atoms with van der Waals surface area (Å²) in [5, 5.41) is 5.60. The topological polar surface area (TPSA) is 101 Å². The third kappa shape index (κ3) is 5.83. The van der Waals surface area contributed by atoms with Crippen molar-refractivity contribution in [3.05, 3.63) is 60.6 Å². The highest BCUT2D eigenvalue weighted by Gasteiger charge is 2.25. The molecule has 2 aliphatic heterocycles. The van der Waals surface area contributed by atoms with Gasteiger partial charge in [-0.3, -0.25) is 9.58 Å². The molecule has 1 aromatic carbocycles. The van der Waals surface area contributed by atoms with E-state index in [1.807, 2.05) is 35.4 Å². The first kappa shape index (κ1) is 25.9. The Balaban J connectivity index is 1.04. The maximum absolute atomic E-state index is 14.4. The number of aromatic amines is 1. The summed E-state index contributed by atoms with van der Waals surface area (Å²) in [6.07, 6.45) is 11.6. The summed E-state index contributed by atoms with van der Waals surface area (Å²) in [6, 6.07) is 7.75. The van der Waals surface area contributed by atoms with Gasteiger partial charge < -0.3 is 20.4 Å². The van der Waals surface area contributed by atoms with E-state index in [9.17, 15) is 4.39 Å². The quantitative estimate of drug-likeness (QED) is 0.336. The Hall–Kier alpha value is -3.34. The van der Waals surface area contributed by atoms with Crippen molar-refractivity contribution in [2.75, 3.05) is 32.7 Å². The lowest BCUT2D eigenvalue weighted by Gasteiger charge is -2.34. The molecule has 2 atom stereocenters. The average Bonchev–Trinajstić information content (AvgIpc) is 3.69. The van der Waals surface area contributed by atoms with E-state index >= 15 is 0 Å². The first-order chi connectivity index (χ1) is 19.1. The van der Waals surface area contributed by atoms with Gasteiger partial charge in [-0.2, -0.15) is 5.10 Å². The van der Waals surface area contributed by atoms with Crippen molar-refractivity contribution in [1.82, 2.24) is 34.5 Å². The predicted molar refractivity (Wildman–Crippen MR) is 149 cm³/mol. The largest absolute Gasteiger partial charge is 0.490 e. The smallest absolute Gasteiger partial charge is 0.141 e. The monoisotopic (exact) mass is 532 g/mol. The number of hydrogen-bond acceptors (Lipinski definition) is 7. The Morgan fingerprint density at radius 1 is 1.15 bits per heavy atom.